The van der Waals surface area contributed by atoms with E-state index in [-0.39, 0.29) is 4.90 Å². The first-order chi connectivity index (χ1) is 11.0. The van der Waals surface area contributed by atoms with Crippen LogP contribution in [0.3, 0.4) is 0 Å². The summed E-state index contributed by atoms with van der Waals surface area (Å²) < 4.78 is 33.7. The fourth-order valence-electron chi connectivity index (χ4n) is 2.23. The molecule has 0 heterocycles. The van der Waals surface area contributed by atoms with Crippen molar-refractivity contribution in [3.63, 3.8) is 0 Å². The number of ether oxygens (including phenoxy) is 1. The number of sulfonamides is 1. The van der Waals surface area contributed by atoms with E-state index in [0.717, 1.165) is 21.0 Å². The predicted octanol–water partition coefficient (Wildman–Crippen LogP) is 4.41. The molecular weight excluding hydrogens is 378 g/mol. The lowest BCUT2D eigenvalue weighted by Crippen LogP contribution is -2.12. The Morgan fingerprint density at radius 2 is 1.57 bits per heavy atom. The Hall–Kier alpha value is -2.05. The molecule has 0 saturated heterocycles. The van der Waals surface area contributed by atoms with Crippen molar-refractivity contribution in [2.75, 3.05) is 11.8 Å². The van der Waals surface area contributed by atoms with Crippen LogP contribution in [-0.4, -0.2) is 15.5 Å². The summed E-state index contributed by atoms with van der Waals surface area (Å²) in [5.74, 6) is 0.737. The number of anilines is 1. The second-order valence-corrected chi connectivity index (χ2v) is 7.59. The van der Waals surface area contributed by atoms with Crippen molar-refractivity contribution in [2.45, 2.75) is 4.90 Å². The van der Waals surface area contributed by atoms with Gasteiger partial charge in [-0.25, -0.2) is 8.42 Å². The summed E-state index contributed by atoms with van der Waals surface area (Å²) in [6, 6.07) is 17.5. The van der Waals surface area contributed by atoms with Crippen LogP contribution in [0.2, 0.25) is 0 Å². The van der Waals surface area contributed by atoms with Gasteiger partial charge in [-0.15, -0.1) is 0 Å². The zero-order valence-corrected chi connectivity index (χ0v) is 14.7. The molecule has 0 amide bonds. The molecule has 3 aromatic carbocycles. The maximum atomic E-state index is 12.5. The van der Waals surface area contributed by atoms with Crippen molar-refractivity contribution >= 4 is 42.4 Å². The van der Waals surface area contributed by atoms with E-state index in [1.54, 1.807) is 55.6 Å². The molecular formula is C17H14BrNO3S. The van der Waals surface area contributed by atoms with Gasteiger partial charge in [0.15, 0.2) is 0 Å². The molecule has 0 radical (unpaired) electrons. The van der Waals surface area contributed by atoms with Crippen LogP contribution < -0.4 is 9.46 Å². The van der Waals surface area contributed by atoms with E-state index in [0.29, 0.717) is 5.69 Å². The summed E-state index contributed by atoms with van der Waals surface area (Å²) in [6.45, 7) is 0. The number of hydrogen-bond donors (Lipinski definition) is 1. The van der Waals surface area contributed by atoms with Crippen molar-refractivity contribution in [2.24, 2.45) is 0 Å². The van der Waals surface area contributed by atoms with E-state index in [1.165, 1.54) is 0 Å². The molecule has 23 heavy (non-hydrogen) atoms. The lowest BCUT2D eigenvalue weighted by molar-refractivity contribution is 0.415. The van der Waals surface area contributed by atoms with Gasteiger partial charge >= 0.3 is 0 Å². The van der Waals surface area contributed by atoms with Crippen molar-refractivity contribution in [3.8, 4) is 5.75 Å². The van der Waals surface area contributed by atoms with E-state index in [2.05, 4.69) is 20.7 Å². The Morgan fingerprint density at radius 1 is 0.913 bits per heavy atom. The predicted molar refractivity (Wildman–Crippen MR) is 95.5 cm³/mol. The van der Waals surface area contributed by atoms with Crippen molar-refractivity contribution < 1.29 is 13.2 Å². The SMILES string of the molecule is COc1ccc2cc(S(=O)(=O)Nc3ccc(Br)cc3)ccc2c1. The molecule has 0 bridgehead atoms. The first-order valence-corrected chi connectivity index (χ1v) is 9.12. The summed E-state index contributed by atoms with van der Waals surface area (Å²) >= 11 is 3.32. The van der Waals surface area contributed by atoms with Gasteiger partial charge in [0.05, 0.1) is 12.0 Å². The largest absolute Gasteiger partial charge is 0.497 e. The van der Waals surface area contributed by atoms with Gasteiger partial charge in [0, 0.05) is 10.2 Å². The number of hydrogen-bond acceptors (Lipinski definition) is 3. The van der Waals surface area contributed by atoms with Gasteiger partial charge in [-0.1, -0.05) is 28.1 Å². The molecule has 1 N–H and O–H groups in total. The normalized spacial score (nSPS) is 11.4. The molecule has 0 aliphatic rings. The third-order valence-electron chi connectivity index (χ3n) is 3.43. The number of methoxy groups -OCH3 is 1. The van der Waals surface area contributed by atoms with Crippen LogP contribution in [-0.2, 0) is 10.0 Å². The Morgan fingerprint density at radius 3 is 2.26 bits per heavy atom. The summed E-state index contributed by atoms with van der Waals surface area (Å²) in [6.07, 6.45) is 0. The molecule has 4 nitrogen and oxygen atoms in total. The van der Waals surface area contributed by atoms with Crippen LogP contribution >= 0.6 is 15.9 Å². The van der Waals surface area contributed by atoms with Gasteiger partial charge in [0.1, 0.15) is 5.75 Å². The number of nitrogens with one attached hydrogen (secondary N) is 1. The highest BCUT2D eigenvalue weighted by Crippen LogP contribution is 2.25. The number of benzene rings is 3. The second kappa shape index (κ2) is 6.22. The summed E-state index contributed by atoms with van der Waals surface area (Å²) in [4.78, 5) is 0.220. The van der Waals surface area contributed by atoms with E-state index in [9.17, 15) is 8.42 Å². The van der Waals surface area contributed by atoms with Crippen molar-refractivity contribution in [3.05, 3.63) is 65.1 Å². The lowest BCUT2D eigenvalue weighted by Gasteiger charge is -2.09. The van der Waals surface area contributed by atoms with Gasteiger partial charge in [-0.05, 0) is 59.3 Å². The second-order valence-electron chi connectivity index (χ2n) is 4.99. The average molecular weight is 392 g/mol. The van der Waals surface area contributed by atoms with Crippen LogP contribution in [0.1, 0.15) is 0 Å². The van der Waals surface area contributed by atoms with E-state index < -0.39 is 10.0 Å². The van der Waals surface area contributed by atoms with Crippen molar-refractivity contribution in [1.82, 2.24) is 0 Å². The third kappa shape index (κ3) is 3.48. The first-order valence-electron chi connectivity index (χ1n) is 6.84. The van der Waals surface area contributed by atoms with Gasteiger partial charge in [-0.3, -0.25) is 4.72 Å². The summed E-state index contributed by atoms with van der Waals surface area (Å²) in [5, 5.41) is 1.76. The summed E-state index contributed by atoms with van der Waals surface area (Å²) in [7, 11) is -2.03. The maximum absolute atomic E-state index is 12.5. The first kappa shape index (κ1) is 15.8. The Balaban J connectivity index is 1.96. The van der Waals surface area contributed by atoms with Crippen molar-refractivity contribution in [1.29, 1.82) is 0 Å². The monoisotopic (exact) mass is 391 g/mol. The molecule has 0 atom stereocenters. The Labute approximate surface area is 143 Å². The highest BCUT2D eigenvalue weighted by Gasteiger charge is 2.14. The van der Waals surface area contributed by atoms with Crippen LogP contribution in [0.15, 0.2) is 70.0 Å². The molecule has 3 aromatic rings. The van der Waals surface area contributed by atoms with Crippen LogP contribution in [0, 0.1) is 0 Å². The van der Waals surface area contributed by atoms with Gasteiger partial charge in [-0.2, -0.15) is 0 Å². The molecule has 0 aliphatic heterocycles. The Bertz CT molecular complexity index is 953. The zero-order valence-electron chi connectivity index (χ0n) is 12.3. The molecule has 3 rings (SSSR count). The minimum Gasteiger partial charge on any atom is -0.497 e. The van der Waals surface area contributed by atoms with Crippen LogP contribution in [0.25, 0.3) is 10.8 Å². The van der Waals surface area contributed by atoms with Crippen LogP contribution in [0.5, 0.6) is 5.75 Å². The zero-order chi connectivity index (χ0) is 16.4. The number of fused-ring (bicyclic) bond motifs is 1. The Kier molecular flexibility index (Phi) is 4.28. The van der Waals surface area contributed by atoms with Gasteiger partial charge in [0.2, 0.25) is 0 Å². The molecule has 6 heteroatoms. The molecule has 0 fully saturated rings. The quantitative estimate of drug-likeness (QED) is 0.716. The van der Waals surface area contributed by atoms with E-state index >= 15 is 0 Å². The smallest absolute Gasteiger partial charge is 0.261 e. The minimum atomic E-state index is -3.63. The molecule has 0 saturated carbocycles. The topological polar surface area (TPSA) is 55.4 Å². The number of halogens is 1. The lowest BCUT2D eigenvalue weighted by atomic mass is 10.1. The minimum absolute atomic E-state index is 0.220. The maximum Gasteiger partial charge on any atom is 0.261 e. The fourth-order valence-corrected chi connectivity index (χ4v) is 3.59. The summed E-state index contributed by atoms with van der Waals surface area (Å²) in [5.41, 5.74) is 0.517. The average Bonchev–Trinajstić information content (AvgIpc) is 2.55. The number of rotatable bonds is 4. The fraction of sp³-hybridized carbons (Fsp3) is 0.0588. The third-order valence-corrected chi connectivity index (χ3v) is 5.33. The highest BCUT2D eigenvalue weighted by atomic mass is 79.9. The van der Waals surface area contributed by atoms with E-state index in [4.69, 9.17) is 4.74 Å². The molecule has 0 aliphatic carbocycles. The van der Waals surface area contributed by atoms with E-state index in [1.807, 2.05) is 12.1 Å². The van der Waals surface area contributed by atoms with Gasteiger partial charge in [0.25, 0.3) is 10.0 Å². The molecule has 0 spiro atoms. The molecule has 0 unspecified atom stereocenters. The molecule has 118 valence electrons. The standard InChI is InChI=1S/C17H14BrNO3S/c1-22-16-8-2-13-11-17(9-3-12(13)10-16)23(20,21)19-15-6-4-14(18)5-7-15/h2-11,19H,1H3. The highest BCUT2D eigenvalue weighted by molar-refractivity contribution is 9.10. The molecule has 0 aromatic heterocycles. The van der Waals surface area contributed by atoms with Gasteiger partial charge < -0.3 is 4.74 Å². The van der Waals surface area contributed by atoms with Crippen LogP contribution in [0.4, 0.5) is 5.69 Å².